The van der Waals surface area contributed by atoms with Crippen molar-refractivity contribution in [2.45, 2.75) is 13.3 Å². The summed E-state index contributed by atoms with van der Waals surface area (Å²) in [6, 6.07) is 5.79. The van der Waals surface area contributed by atoms with Gasteiger partial charge in [-0.1, -0.05) is 13.0 Å². The van der Waals surface area contributed by atoms with Gasteiger partial charge in [-0.15, -0.1) is 0 Å². The van der Waals surface area contributed by atoms with Crippen molar-refractivity contribution in [3.8, 4) is 0 Å². The topological polar surface area (TPSA) is 24.9 Å². The Morgan fingerprint density at radius 1 is 1.60 bits per heavy atom. The molecule has 1 N–H and O–H groups in total. The summed E-state index contributed by atoms with van der Waals surface area (Å²) in [4.78, 5) is 4.07. The van der Waals surface area contributed by atoms with E-state index in [2.05, 4.69) is 17.2 Å². The molecule has 1 heterocycles. The molecule has 0 fully saturated rings. The summed E-state index contributed by atoms with van der Waals surface area (Å²) < 4.78 is 0. The van der Waals surface area contributed by atoms with Crippen molar-refractivity contribution in [1.82, 2.24) is 4.98 Å². The van der Waals surface area contributed by atoms with E-state index in [1.807, 2.05) is 24.7 Å². The van der Waals surface area contributed by atoms with Crippen molar-refractivity contribution < 1.29 is 0 Å². The van der Waals surface area contributed by atoms with Crippen LogP contribution in [0.25, 0.3) is 0 Å². The van der Waals surface area contributed by atoms with Gasteiger partial charge in [0.1, 0.15) is 5.82 Å². The van der Waals surface area contributed by atoms with Crippen molar-refractivity contribution in [2.75, 3.05) is 5.32 Å². The number of hydrogen-bond acceptors (Lipinski definition) is 2. The van der Waals surface area contributed by atoms with Crippen LogP contribution in [0, 0.1) is 6.54 Å². The second-order valence-corrected chi connectivity index (χ2v) is 1.97. The first-order valence-electron chi connectivity index (χ1n) is 3.42. The Morgan fingerprint density at radius 3 is 3.10 bits per heavy atom. The van der Waals surface area contributed by atoms with E-state index < -0.39 is 0 Å². The van der Waals surface area contributed by atoms with Crippen LogP contribution >= 0.6 is 0 Å². The second kappa shape index (κ2) is 3.88. The quantitative estimate of drug-likeness (QED) is 0.686. The minimum Gasteiger partial charge on any atom is -0.365 e. The van der Waals surface area contributed by atoms with Gasteiger partial charge in [0.25, 0.3) is 0 Å². The molecule has 0 saturated heterocycles. The Kier molecular flexibility index (Phi) is 2.74. The molecule has 0 aliphatic heterocycles. The number of hydrogen-bond donors (Lipinski definition) is 1. The molecule has 10 heavy (non-hydrogen) atoms. The third kappa shape index (κ3) is 2.05. The maximum Gasteiger partial charge on any atom is 0.126 e. The average molecular weight is 135 g/mol. The van der Waals surface area contributed by atoms with E-state index in [9.17, 15) is 0 Å². The summed E-state index contributed by atoms with van der Waals surface area (Å²) in [5, 5.41) is 3.06. The molecule has 0 amide bonds. The average Bonchev–Trinajstić information content (AvgIpc) is 2.03. The molecule has 0 saturated carbocycles. The SMILES string of the molecule is CC[CH]Nc1ccccn1. The zero-order chi connectivity index (χ0) is 7.23. The van der Waals surface area contributed by atoms with E-state index in [0.29, 0.717) is 0 Å². The molecule has 1 aromatic heterocycles. The Labute approximate surface area is 61.3 Å². The molecule has 1 radical (unpaired) electrons. The van der Waals surface area contributed by atoms with Gasteiger partial charge in [-0.2, -0.15) is 0 Å². The van der Waals surface area contributed by atoms with E-state index in [1.165, 1.54) is 0 Å². The van der Waals surface area contributed by atoms with Gasteiger partial charge in [-0.05, 0) is 18.6 Å². The Hall–Kier alpha value is -1.05. The third-order valence-electron chi connectivity index (χ3n) is 1.12. The lowest BCUT2D eigenvalue weighted by atomic mass is 10.4. The van der Waals surface area contributed by atoms with E-state index in [-0.39, 0.29) is 0 Å². The van der Waals surface area contributed by atoms with Crippen LogP contribution in [-0.4, -0.2) is 4.98 Å². The lowest BCUT2D eigenvalue weighted by Crippen LogP contribution is -1.94. The Balaban J connectivity index is 2.43. The molecule has 53 valence electrons. The molecule has 1 rings (SSSR count). The van der Waals surface area contributed by atoms with E-state index in [1.54, 1.807) is 6.20 Å². The van der Waals surface area contributed by atoms with Crippen LogP contribution in [0.5, 0.6) is 0 Å². The van der Waals surface area contributed by atoms with E-state index >= 15 is 0 Å². The van der Waals surface area contributed by atoms with E-state index in [0.717, 1.165) is 12.2 Å². The predicted octanol–water partition coefficient (Wildman–Crippen LogP) is 2.07. The highest BCUT2D eigenvalue weighted by Crippen LogP contribution is 2.00. The standard InChI is InChI=1S/C8H11N2/c1-2-6-9-8-5-3-4-7-10-8/h3-7H,2H2,1H3,(H,9,10). The first-order valence-corrected chi connectivity index (χ1v) is 3.42. The van der Waals surface area contributed by atoms with Gasteiger partial charge in [0, 0.05) is 12.7 Å². The first-order chi connectivity index (χ1) is 4.93. The lowest BCUT2D eigenvalue weighted by molar-refractivity contribution is 1.09. The summed E-state index contributed by atoms with van der Waals surface area (Å²) >= 11 is 0. The minimum absolute atomic E-state index is 0.907. The normalized spacial score (nSPS) is 9.30. The van der Waals surface area contributed by atoms with Crippen LogP contribution in [0.2, 0.25) is 0 Å². The van der Waals surface area contributed by atoms with Crippen LogP contribution in [0.4, 0.5) is 5.82 Å². The van der Waals surface area contributed by atoms with E-state index in [4.69, 9.17) is 0 Å². The number of anilines is 1. The van der Waals surface area contributed by atoms with Gasteiger partial charge in [0.15, 0.2) is 0 Å². The summed E-state index contributed by atoms with van der Waals surface area (Å²) in [5.74, 6) is 0.907. The maximum atomic E-state index is 4.07. The molecule has 0 aliphatic carbocycles. The largest absolute Gasteiger partial charge is 0.365 e. The molecule has 2 nitrogen and oxygen atoms in total. The van der Waals surface area contributed by atoms with Crippen molar-refractivity contribution in [3.63, 3.8) is 0 Å². The van der Waals surface area contributed by atoms with Gasteiger partial charge in [0.2, 0.25) is 0 Å². The van der Waals surface area contributed by atoms with Gasteiger partial charge >= 0.3 is 0 Å². The summed E-state index contributed by atoms with van der Waals surface area (Å²) in [6.45, 7) is 4.05. The zero-order valence-electron chi connectivity index (χ0n) is 6.04. The number of rotatable bonds is 3. The summed E-state index contributed by atoms with van der Waals surface area (Å²) in [5.41, 5.74) is 0. The summed E-state index contributed by atoms with van der Waals surface area (Å²) in [6.07, 6.45) is 2.78. The fourth-order valence-electron chi connectivity index (χ4n) is 0.655. The highest BCUT2D eigenvalue weighted by molar-refractivity contribution is 5.34. The van der Waals surface area contributed by atoms with Crippen molar-refractivity contribution in [3.05, 3.63) is 30.9 Å². The molecule has 1 aromatic rings. The van der Waals surface area contributed by atoms with Crippen LogP contribution in [0.3, 0.4) is 0 Å². The predicted molar refractivity (Wildman–Crippen MR) is 42.5 cm³/mol. The Morgan fingerprint density at radius 2 is 2.50 bits per heavy atom. The molecule has 2 heteroatoms. The molecule has 0 unspecified atom stereocenters. The van der Waals surface area contributed by atoms with Gasteiger partial charge in [-0.25, -0.2) is 4.98 Å². The molecule has 0 atom stereocenters. The lowest BCUT2D eigenvalue weighted by Gasteiger charge is -1.99. The maximum absolute atomic E-state index is 4.07. The number of pyridine rings is 1. The van der Waals surface area contributed by atoms with Crippen LogP contribution in [-0.2, 0) is 0 Å². The van der Waals surface area contributed by atoms with Gasteiger partial charge in [0.05, 0.1) is 0 Å². The smallest absolute Gasteiger partial charge is 0.126 e. The monoisotopic (exact) mass is 135 g/mol. The Bertz CT molecular complexity index is 172. The van der Waals surface area contributed by atoms with Gasteiger partial charge < -0.3 is 5.32 Å². The molecule has 0 bridgehead atoms. The minimum atomic E-state index is 0.907. The van der Waals surface area contributed by atoms with Crippen LogP contribution in [0.15, 0.2) is 24.4 Å². The highest BCUT2D eigenvalue weighted by Gasteiger charge is 1.86. The van der Waals surface area contributed by atoms with Crippen molar-refractivity contribution >= 4 is 5.82 Å². The molecular weight excluding hydrogens is 124 g/mol. The number of nitrogens with one attached hydrogen (secondary N) is 1. The zero-order valence-corrected chi connectivity index (χ0v) is 6.04. The van der Waals surface area contributed by atoms with Gasteiger partial charge in [-0.3, -0.25) is 0 Å². The molecule has 0 aromatic carbocycles. The number of aromatic nitrogens is 1. The van der Waals surface area contributed by atoms with Crippen LogP contribution < -0.4 is 5.32 Å². The molecule has 0 aliphatic rings. The number of nitrogens with zero attached hydrogens (tertiary/aromatic N) is 1. The van der Waals surface area contributed by atoms with Crippen LogP contribution in [0.1, 0.15) is 13.3 Å². The fourth-order valence-corrected chi connectivity index (χ4v) is 0.655. The second-order valence-electron chi connectivity index (χ2n) is 1.97. The van der Waals surface area contributed by atoms with Crippen molar-refractivity contribution in [2.24, 2.45) is 0 Å². The fraction of sp³-hybridized carbons (Fsp3) is 0.250. The summed E-state index contributed by atoms with van der Waals surface area (Å²) in [7, 11) is 0. The van der Waals surface area contributed by atoms with Crippen molar-refractivity contribution in [1.29, 1.82) is 0 Å². The third-order valence-corrected chi connectivity index (χ3v) is 1.12. The first kappa shape index (κ1) is 7.06. The molecular formula is C8H11N2. The highest BCUT2D eigenvalue weighted by atomic mass is 15.0. The molecule has 0 spiro atoms.